The first-order chi connectivity index (χ1) is 18.5. The predicted molar refractivity (Wildman–Crippen MR) is 159 cm³/mol. The molecule has 0 aliphatic heterocycles. The summed E-state index contributed by atoms with van der Waals surface area (Å²) < 4.78 is 18.8. The fourth-order valence-electron chi connectivity index (χ4n) is 4.75. The van der Waals surface area contributed by atoms with E-state index in [0.29, 0.717) is 0 Å². The Morgan fingerprint density at radius 2 is 1.31 bits per heavy atom. The zero-order valence-electron chi connectivity index (χ0n) is 24.0. The number of rotatable bonds is 11. The van der Waals surface area contributed by atoms with Crippen molar-refractivity contribution in [2.24, 2.45) is 0 Å². The molecular weight excluding hydrogens is 506 g/mol. The van der Waals surface area contributed by atoms with Crippen molar-refractivity contribution in [3.8, 4) is 0 Å². The first-order valence-electron chi connectivity index (χ1n) is 13.5. The van der Waals surface area contributed by atoms with Crippen molar-refractivity contribution < 1.29 is 23.8 Å². The topological polar surface area (TPSA) is 77.0 Å². The smallest absolute Gasteiger partial charge is 0.408 e. The van der Waals surface area contributed by atoms with Gasteiger partial charge < -0.3 is 24.3 Å². The van der Waals surface area contributed by atoms with Gasteiger partial charge >= 0.3 is 6.09 Å². The molecule has 0 spiro atoms. The van der Waals surface area contributed by atoms with Gasteiger partial charge in [0.2, 0.25) is 0 Å². The van der Waals surface area contributed by atoms with E-state index >= 15 is 0 Å². The van der Waals surface area contributed by atoms with Gasteiger partial charge in [-0.1, -0.05) is 112 Å². The van der Waals surface area contributed by atoms with Crippen LogP contribution in [0.15, 0.2) is 91.0 Å². The summed E-state index contributed by atoms with van der Waals surface area (Å²) in [7, 11) is -2.88. The van der Waals surface area contributed by atoms with Crippen LogP contribution in [0.25, 0.3) is 0 Å². The summed E-state index contributed by atoms with van der Waals surface area (Å²) in [6, 6.07) is 29.7. The maximum absolute atomic E-state index is 12.9. The zero-order chi connectivity index (χ0) is 28.5. The standard InChI is InChI=1S/C32H43NO5Si/c1-31(2,3)38-30(35)33-28(29(22-34)36-23-25-16-10-7-11-17-25)24-37-39(32(4,5)6,26-18-12-8-13-19-26)27-20-14-9-15-21-27/h7-21,28-29,34H,22-24H2,1-6H3,(H,33,35)/t28-,29+/m1/s1. The lowest BCUT2D eigenvalue weighted by molar-refractivity contribution is -0.0324. The first kappa shape index (κ1) is 30.6. The lowest BCUT2D eigenvalue weighted by Crippen LogP contribution is -2.68. The summed E-state index contributed by atoms with van der Waals surface area (Å²) in [5.74, 6) is 0. The quantitative estimate of drug-likeness (QED) is 0.328. The Morgan fingerprint density at radius 3 is 1.74 bits per heavy atom. The van der Waals surface area contributed by atoms with E-state index in [9.17, 15) is 9.90 Å². The highest BCUT2D eigenvalue weighted by Crippen LogP contribution is 2.37. The molecular formula is C32H43NO5Si. The van der Waals surface area contributed by atoms with Crippen molar-refractivity contribution in [3.63, 3.8) is 0 Å². The molecule has 1 amide bonds. The summed E-state index contributed by atoms with van der Waals surface area (Å²) in [6.07, 6.45) is -1.30. The van der Waals surface area contributed by atoms with Gasteiger partial charge in [-0.25, -0.2) is 4.79 Å². The lowest BCUT2D eigenvalue weighted by atomic mass is 10.1. The molecule has 0 saturated carbocycles. The molecule has 6 nitrogen and oxygen atoms in total. The van der Waals surface area contributed by atoms with Crippen LogP contribution in [0.2, 0.25) is 5.04 Å². The van der Waals surface area contributed by atoms with E-state index in [4.69, 9.17) is 13.9 Å². The average Bonchev–Trinajstić information content (AvgIpc) is 2.89. The van der Waals surface area contributed by atoms with E-state index < -0.39 is 32.2 Å². The summed E-state index contributed by atoms with van der Waals surface area (Å²) in [4.78, 5) is 12.9. The van der Waals surface area contributed by atoms with Crippen molar-refractivity contribution in [1.29, 1.82) is 0 Å². The zero-order valence-corrected chi connectivity index (χ0v) is 25.0. The van der Waals surface area contributed by atoms with Crippen LogP contribution in [-0.2, 0) is 20.5 Å². The minimum absolute atomic E-state index is 0.131. The number of benzene rings is 3. The van der Waals surface area contributed by atoms with Crippen LogP contribution in [0.4, 0.5) is 4.79 Å². The molecule has 0 bridgehead atoms. The van der Waals surface area contributed by atoms with E-state index in [-0.39, 0.29) is 24.9 Å². The Labute approximate surface area is 234 Å². The van der Waals surface area contributed by atoms with E-state index in [1.165, 1.54) is 0 Å². The molecule has 3 aromatic rings. The average molecular weight is 550 g/mol. The van der Waals surface area contributed by atoms with Crippen LogP contribution in [-0.4, -0.2) is 50.5 Å². The highest BCUT2D eigenvalue weighted by Gasteiger charge is 2.50. The number of alkyl carbamates (subject to hydrolysis) is 1. The second-order valence-electron chi connectivity index (χ2n) is 11.7. The van der Waals surface area contributed by atoms with Crippen molar-refractivity contribution in [2.75, 3.05) is 13.2 Å². The van der Waals surface area contributed by atoms with Gasteiger partial charge in [-0.2, -0.15) is 0 Å². The van der Waals surface area contributed by atoms with Crippen LogP contribution < -0.4 is 15.7 Å². The fourth-order valence-corrected chi connectivity index (χ4v) is 9.34. The van der Waals surface area contributed by atoms with E-state index in [1.54, 1.807) is 0 Å². The SMILES string of the molecule is CC(C)(C)OC(=O)N[C@H](CO[Si](c1ccccc1)(c1ccccc1)C(C)(C)C)[C@H](CO)OCc1ccccc1. The van der Waals surface area contributed by atoms with Crippen LogP contribution in [0.3, 0.4) is 0 Å². The molecule has 3 rings (SSSR count). The van der Waals surface area contributed by atoms with Crippen molar-refractivity contribution in [2.45, 2.75) is 70.9 Å². The predicted octanol–water partition coefficient (Wildman–Crippen LogP) is 5.03. The molecule has 0 radical (unpaired) electrons. The summed E-state index contributed by atoms with van der Waals surface area (Å²) in [6.45, 7) is 12.2. The van der Waals surface area contributed by atoms with Gasteiger partial charge in [0.05, 0.1) is 25.9 Å². The molecule has 3 aromatic carbocycles. The molecule has 0 aliphatic rings. The Morgan fingerprint density at radius 1 is 0.821 bits per heavy atom. The van der Waals surface area contributed by atoms with Gasteiger partial charge in [-0.15, -0.1) is 0 Å². The summed E-state index contributed by atoms with van der Waals surface area (Å²) in [5.41, 5.74) is 0.299. The molecule has 0 aliphatic carbocycles. The normalized spacial score (nSPS) is 13.9. The molecule has 0 aromatic heterocycles. The molecule has 39 heavy (non-hydrogen) atoms. The number of hydrogen-bond donors (Lipinski definition) is 2. The first-order valence-corrected chi connectivity index (χ1v) is 15.4. The third-order valence-corrected chi connectivity index (χ3v) is 11.5. The van der Waals surface area contributed by atoms with E-state index in [0.717, 1.165) is 15.9 Å². The highest BCUT2D eigenvalue weighted by molar-refractivity contribution is 6.99. The maximum Gasteiger partial charge on any atom is 0.408 e. The lowest BCUT2D eigenvalue weighted by Gasteiger charge is -2.44. The summed E-state index contributed by atoms with van der Waals surface area (Å²) >= 11 is 0. The summed E-state index contributed by atoms with van der Waals surface area (Å²) in [5, 5.41) is 15.3. The Hall–Kier alpha value is -2.97. The van der Waals surface area contributed by atoms with Gasteiger partial charge in [0.1, 0.15) is 11.7 Å². The second-order valence-corrected chi connectivity index (χ2v) is 16.1. The molecule has 210 valence electrons. The molecule has 0 unspecified atom stereocenters. The number of carbonyl (C=O) groups excluding carboxylic acids is 1. The van der Waals surface area contributed by atoms with Crippen LogP contribution in [0.1, 0.15) is 47.1 Å². The molecule has 0 saturated heterocycles. The molecule has 7 heteroatoms. The van der Waals surface area contributed by atoms with Crippen molar-refractivity contribution in [3.05, 3.63) is 96.6 Å². The van der Waals surface area contributed by atoms with E-state index in [1.807, 2.05) is 87.5 Å². The number of amides is 1. The van der Waals surface area contributed by atoms with E-state index in [2.05, 4.69) is 50.4 Å². The Balaban J connectivity index is 1.97. The van der Waals surface area contributed by atoms with Crippen LogP contribution >= 0.6 is 0 Å². The van der Waals surface area contributed by atoms with Gasteiger partial charge in [0.15, 0.2) is 0 Å². The van der Waals surface area contributed by atoms with Crippen molar-refractivity contribution >= 4 is 24.8 Å². The Kier molecular flexibility index (Phi) is 10.5. The van der Waals surface area contributed by atoms with Crippen LogP contribution in [0.5, 0.6) is 0 Å². The molecule has 0 fully saturated rings. The highest BCUT2D eigenvalue weighted by atomic mass is 28.4. The number of hydrogen-bond acceptors (Lipinski definition) is 5. The third kappa shape index (κ3) is 8.26. The number of carbonyl (C=O) groups is 1. The van der Waals surface area contributed by atoms with Gasteiger partial charge in [0.25, 0.3) is 8.32 Å². The number of nitrogens with one attached hydrogen (secondary N) is 1. The number of ether oxygens (including phenoxy) is 2. The van der Waals surface area contributed by atoms with Gasteiger partial charge in [-0.3, -0.25) is 0 Å². The minimum atomic E-state index is -2.88. The maximum atomic E-state index is 12.9. The van der Waals surface area contributed by atoms with Gasteiger partial charge in [-0.05, 0) is 41.7 Å². The fraction of sp³-hybridized carbons (Fsp3) is 0.406. The largest absolute Gasteiger partial charge is 0.444 e. The molecule has 0 heterocycles. The van der Waals surface area contributed by atoms with Gasteiger partial charge in [0, 0.05) is 0 Å². The van der Waals surface area contributed by atoms with Crippen molar-refractivity contribution in [1.82, 2.24) is 5.32 Å². The molecule has 2 N–H and O–H groups in total. The van der Waals surface area contributed by atoms with Crippen LogP contribution in [0, 0.1) is 0 Å². The number of aliphatic hydroxyl groups excluding tert-OH is 1. The Bertz CT molecular complexity index is 1100. The third-order valence-electron chi connectivity index (χ3n) is 6.53. The number of aliphatic hydroxyl groups is 1. The molecule has 2 atom stereocenters. The minimum Gasteiger partial charge on any atom is -0.444 e. The monoisotopic (exact) mass is 549 g/mol. The second kappa shape index (κ2) is 13.4.